The molecule has 0 fully saturated rings. The summed E-state index contributed by atoms with van der Waals surface area (Å²) in [5, 5.41) is 8.60. The first-order valence-electron chi connectivity index (χ1n) is 7.18. The minimum Gasteiger partial charge on any atom is -0.396 e. The Morgan fingerprint density at radius 3 is 1.71 bits per heavy atom. The van der Waals surface area contributed by atoms with Crippen molar-refractivity contribution in [2.24, 2.45) is 0 Å². The third-order valence-electron chi connectivity index (χ3n) is 2.71. The standard InChI is InChI=1S/C14H30O3/c1-2-3-4-8-11-16-13-14-17-12-9-6-5-7-10-15/h15H,2-14H2,1H3. The van der Waals surface area contributed by atoms with Gasteiger partial charge in [-0.15, -0.1) is 0 Å². The predicted octanol–water partition coefficient (Wildman–Crippen LogP) is 3.15. The number of ether oxygens (including phenoxy) is 2. The Hall–Kier alpha value is -0.120. The summed E-state index contributed by atoms with van der Waals surface area (Å²) in [5.74, 6) is 0. The normalized spacial score (nSPS) is 10.9. The largest absolute Gasteiger partial charge is 0.396 e. The van der Waals surface area contributed by atoms with Gasteiger partial charge in [0.1, 0.15) is 0 Å². The summed E-state index contributed by atoms with van der Waals surface area (Å²) >= 11 is 0. The lowest BCUT2D eigenvalue weighted by atomic mass is 10.2. The lowest BCUT2D eigenvalue weighted by Crippen LogP contribution is -2.06. The van der Waals surface area contributed by atoms with Crippen LogP contribution in [0, 0.1) is 0 Å². The minimum absolute atomic E-state index is 0.312. The van der Waals surface area contributed by atoms with Gasteiger partial charge < -0.3 is 14.6 Å². The molecule has 17 heavy (non-hydrogen) atoms. The molecule has 0 radical (unpaired) electrons. The molecule has 0 amide bonds. The summed E-state index contributed by atoms with van der Waals surface area (Å²) in [7, 11) is 0. The van der Waals surface area contributed by atoms with E-state index in [-0.39, 0.29) is 0 Å². The fraction of sp³-hybridized carbons (Fsp3) is 1.00. The van der Waals surface area contributed by atoms with Gasteiger partial charge in [0.2, 0.25) is 0 Å². The Morgan fingerprint density at radius 2 is 1.18 bits per heavy atom. The molecule has 0 aromatic carbocycles. The van der Waals surface area contributed by atoms with Crippen LogP contribution in [0.2, 0.25) is 0 Å². The first-order chi connectivity index (χ1) is 8.41. The number of hydrogen-bond donors (Lipinski definition) is 1. The maximum absolute atomic E-state index is 8.60. The number of aliphatic hydroxyl groups is 1. The summed E-state index contributed by atoms with van der Waals surface area (Å²) in [5.41, 5.74) is 0. The lowest BCUT2D eigenvalue weighted by Gasteiger charge is -2.05. The second kappa shape index (κ2) is 15.9. The summed E-state index contributed by atoms with van der Waals surface area (Å²) in [4.78, 5) is 0. The fourth-order valence-corrected chi connectivity index (χ4v) is 1.62. The molecule has 0 atom stereocenters. The zero-order valence-corrected chi connectivity index (χ0v) is 11.5. The Balaban J connectivity index is 2.85. The third-order valence-corrected chi connectivity index (χ3v) is 2.71. The first-order valence-corrected chi connectivity index (χ1v) is 7.18. The SMILES string of the molecule is CCCCCCOCCOCCCCCCO. The molecular weight excluding hydrogens is 216 g/mol. The lowest BCUT2D eigenvalue weighted by molar-refractivity contribution is 0.0448. The van der Waals surface area contributed by atoms with Crippen LogP contribution >= 0.6 is 0 Å². The number of unbranched alkanes of at least 4 members (excludes halogenated alkanes) is 6. The van der Waals surface area contributed by atoms with Crippen LogP contribution in [0.5, 0.6) is 0 Å². The van der Waals surface area contributed by atoms with E-state index in [9.17, 15) is 0 Å². The van der Waals surface area contributed by atoms with Crippen LogP contribution in [0.15, 0.2) is 0 Å². The number of hydrogen-bond acceptors (Lipinski definition) is 3. The fourth-order valence-electron chi connectivity index (χ4n) is 1.62. The molecule has 3 heteroatoms. The highest BCUT2D eigenvalue weighted by Crippen LogP contribution is 2.00. The van der Waals surface area contributed by atoms with E-state index >= 15 is 0 Å². The van der Waals surface area contributed by atoms with Crippen molar-refractivity contribution in [2.45, 2.75) is 58.3 Å². The van der Waals surface area contributed by atoms with Crippen LogP contribution in [0.1, 0.15) is 58.3 Å². The second-order valence-corrected chi connectivity index (χ2v) is 4.42. The molecule has 0 bridgehead atoms. The highest BCUT2D eigenvalue weighted by atomic mass is 16.5. The van der Waals surface area contributed by atoms with E-state index in [0.717, 1.165) is 45.5 Å². The van der Waals surface area contributed by atoms with Crippen molar-refractivity contribution < 1.29 is 14.6 Å². The Morgan fingerprint density at radius 1 is 0.647 bits per heavy atom. The molecular formula is C14H30O3. The zero-order valence-electron chi connectivity index (χ0n) is 11.5. The van der Waals surface area contributed by atoms with Gasteiger partial charge in [-0.3, -0.25) is 0 Å². The van der Waals surface area contributed by atoms with Gasteiger partial charge in [-0.25, -0.2) is 0 Å². The number of rotatable bonds is 14. The molecule has 1 N–H and O–H groups in total. The van der Waals surface area contributed by atoms with E-state index < -0.39 is 0 Å². The molecule has 0 saturated carbocycles. The molecule has 0 aliphatic heterocycles. The molecule has 0 saturated heterocycles. The molecule has 0 aromatic rings. The molecule has 0 aliphatic carbocycles. The molecule has 0 aliphatic rings. The topological polar surface area (TPSA) is 38.7 Å². The van der Waals surface area contributed by atoms with Crippen LogP contribution in [-0.4, -0.2) is 38.1 Å². The van der Waals surface area contributed by atoms with Crippen molar-refractivity contribution in [1.82, 2.24) is 0 Å². The van der Waals surface area contributed by atoms with E-state index in [0.29, 0.717) is 13.2 Å². The van der Waals surface area contributed by atoms with E-state index in [2.05, 4.69) is 6.92 Å². The van der Waals surface area contributed by atoms with Gasteiger partial charge in [-0.2, -0.15) is 0 Å². The zero-order chi connectivity index (χ0) is 12.6. The molecule has 0 spiro atoms. The van der Waals surface area contributed by atoms with Gasteiger partial charge in [0.15, 0.2) is 0 Å². The van der Waals surface area contributed by atoms with Crippen molar-refractivity contribution in [3.63, 3.8) is 0 Å². The molecule has 0 aromatic heterocycles. The minimum atomic E-state index is 0.312. The van der Waals surface area contributed by atoms with E-state index in [4.69, 9.17) is 14.6 Å². The molecule has 0 unspecified atom stereocenters. The monoisotopic (exact) mass is 246 g/mol. The number of aliphatic hydroxyl groups excluding tert-OH is 1. The average molecular weight is 246 g/mol. The van der Waals surface area contributed by atoms with E-state index in [1.165, 1.54) is 25.7 Å². The summed E-state index contributed by atoms with van der Waals surface area (Å²) in [6.45, 7) is 5.67. The van der Waals surface area contributed by atoms with Crippen LogP contribution in [0.3, 0.4) is 0 Å². The summed E-state index contributed by atoms with van der Waals surface area (Å²) in [6.07, 6.45) is 9.31. The maximum atomic E-state index is 8.60. The predicted molar refractivity (Wildman–Crippen MR) is 71.3 cm³/mol. The van der Waals surface area contributed by atoms with Crippen molar-refractivity contribution >= 4 is 0 Å². The van der Waals surface area contributed by atoms with E-state index in [1.807, 2.05) is 0 Å². The van der Waals surface area contributed by atoms with Crippen LogP contribution in [0.25, 0.3) is 0 Å². The molecule has 104 valence electrons. The summed E-state index contributed by atoms with van der Waals surface area (Å²) in [6, 6.07) is 0. The van der Waals surface area contributed by atoms with Crippen molar-refractivity contribution in [2.75, 3.05) is 33.0 Å². The first kappa shape index (κ1) is 16.9. The smallest absolute Gasteiger partial charge is 0.0700 e. The Labute approximate surface area is 107 Å². The highest BCUT2D eigenvalue weighted by Gasteiger charge is 1.92. The Kier molecular flexibility index (Phi) is 15.8. The van der Waals surface area contributed by atoms with Gasteiger partial charge in [0, 0.05) is 19.8 Å². The second-order valence-electron chi connectivity index (χ2n) is 4.42. The Bertz CT molecular complexity index is 115. The maximum Gasteiger partial charge on any atom is 0.0700 e. The van der Waals surface area contributed by atoms with Crippen molar-refractivity contribution in [1.29, 1.82) is 0 Å². The van der Waals surface area contributed by atoms with Crippen molar-refractivity contribution in [3.05, 3.63) is 0 Å². The van der Waals surface area contributed by atoms with Crippen LogP contribution in [0.4, 0.5) is 0 Å². The van der Waals surface area contributed by atoms with Gasteiger partial charge in [-0.05, 0) is 19.3 Å². The van der Waals surface area contributed by atoms with Crippen molar-refractivity contribution in [3.8, 4) is 0 Å². The van der Waals surface area contributed by atoms with Crippen LogP contribution in [-0.2, 0) is 9.47 Å². The molecule has 3 nitrogen and oxygen atoms in total. The molecule has 0 heterocycles. The van der Waals surface area contributed by atoms with Gasteiger partial charge in [0.05, 0.1) is 13.2 Å². The summed E-state index contributed by atoms with van der Waals surface area (Å²) < 4.78 is 10.9. The molecule has 0 rings (SSSR count). The van der Waals surface area contributed by atoms with Gasteiger partial charge >= 0.3 is 0 Å². The van der Waals surface area contributed by atoms with E-state index in [1.54, 1.807) is 0 Å². The van der Waals surface area contributed by atoms with Gasteiger partial charge in [-0.1, -0.05) is 39.0 Å². The highest BCUT2D eigenvalue weighted by molar-refractivity contribution is 4.42. The average Bonchev–Trinajstić information content (AvgIpc) is 2.35. The third kappa shape index (κ3) is 15.9. The quantitative estimate of drug-likeness (QED) is 0.478. The van der Waals surface area contributed by atoms with Gasteiger partial charge in [0.25, 0.3) is 0 Å². The van der Waals surface area contributed by atoms with Crippen LogP contribution < -0.4 is 0 Å².